The van der Waals surface area contributed by atoms with Gasteiger partial charge < -0.3 is 10.6 Å². The third-order valence-corrected chi connectivity index (χ3v) is 1.39. The van der Waals surface area contributed by atoms with Crippen LogP contribution in [0.3, 0.4) is 0 Å². The highest BCUT2D eigenvalue weighted by Gasteiger charge is 2.07. The quantitative estimate of drug-likeness (QED) is 0.626. The average molecular weight is 158 g/mol. The van der Waals surface area contributed by atoms with Crippen LogP contribution in [0.5, 0.6) is 0 Å². The Bertz CT molecular complexity index is 123. The van der Waals surface area contributed by atoms with Crippen LogP contribution in [0.15, 0.2) is 0 Å². The van der Waals surface area contributed by atoms with E-state index in [1.807, 2.05) is 6.92 Å². The standard InChI is InChI=1S/C8H18N2O/c1-6(2)10-7(3)5-8(11)9-4/h6-7,10H,5H2,1-4H3,(H,9,11). The maximum atomic E-state index is 10.9. The third kappa shape index (κ3) is 5.85. The number of hydrogen-bond acceptors (Lipinski definition) is 2. The minimum atomic E-state index is 0.0886. The number of carbonyl (C=O) groups excluding carboxylic acids is 1. The van der Waals surface area contributed by atoms with Crippen molar-refractivity contribution in [2.45, 2.75) is 39.3 Å². The molecule has 1 atom stereocenters. The number of carbonyl (C=O) groups is 1. The van der Waals surface area contributed by atoms with Crippen molar-refractivity contribution >= 4 is 5.91 Å². The van der Waals surface area contributed by atoms with Gasteiger partial charge in [-0.05, 0) is 6.92 Å². The van der Waals surface area contributed by atoms with Crippen molar-refractivity contribution in [3.63, 3.8) is 0 Å². The molecule has 0 aromatic carbocycles. The fraction of sp³-hybridized carbons (Fsp3) is 0.875. The zero-order valence-corrected chi connectivity index (χ0v) is 7.77. The zero-order chi connectivity index (χ0) is 8.85. The van der Waals surface area contributed by atoms with Gasteiger partial charge in [-0.15, -0.1) is 0 Å². The van der Waals surface area contributed by atoms with E-state index in [9.17, 15) is 4.79 Å². The van der Waals surface area contributed by atoms with E-state index in [4.69, 9.17) is 0 Å². The summed E-state index contributed by atoms with van der Waals surface area (Å²) >= 11 is 0. The van der Waals surface area contributed by atoms with Crippen molar-refractivity contribution in [2.24, 2.45) is 0 Å². The van der Waals surface area contributed by atoms with E-state index >= 15 is 0 Å². The van der Waals surface area contributed by atoms with Crippen molar-refractivity contribution in [1.82, 2.24) is 10.6 Å². The summed E-state index contributed by atoms with van der Waals surface area (Å²) in [4.78, 5) is 10.9. The monoisotopic (exact) mass is 158 g/mol. The predicted molar refractivity (Wildman–Crippen MR) is 46.4 cm³/mol. The molecule has 0 rings (SSSR count). The van der Waals surface area contributed by atoms with Gasteiger partial charge in [0.15, 0.2) is 0 Å². The molecule has 0 saturated carbocycles. The summed E-state index contributed by atoms with van der Waals surface area (Å²) in [5.74, 6) is 0.0886. The first-order chi connectivity index (χ1) is 5.06. The van der Waals surface area contributed by atoms with Crippen LogP contribution >= 0.6 is 0 Å². The van der Waals surface area contributed by atoms with E-state index in [0.29, 0.717) is 12.5 Å². The van der Waals surface area contributed by atoms with Crippen LogP contribution in [0.1, 0.15) is 27.2 Å². The first-order valence-corrected chi connectivity index (χ1v) is 4.03. The molecule has 0 aliphatic heterocycles. The molecule has 1 unspecified atom stereocenters. The van der Waals surface area contributed by atoms with E-state index in [1.165, 1.54) is 0 Å². The van der Waals surface area contributed by atoms with Gasteiger partial charge in [-0.25, -0.2) is 0 Å². The SMILES string of the molecule is CNC(=O)CC(C)NC(C)C. The van der Waals surface area contributed by atoms with E-state index in [0.717, 1.165) is 0 Å². The minimum absolute atomic E-state index is 0.0886. The summed E-state index contributed by atoms with van der Waals surface area (Å²) in [7, 11) is 1.66. The summed E-state index contributed by atoms with van der Waals surface area (Å²) in [5.41, 5.74) is 0. The fourth-order valence-corrected chi connectivity index (χ4v) is 1.01. The molecule has 0 heterocycles. The highest BCUT2D eigenvalue weighted by atomic mass is 16.1. The van der Waals surface area contributed by atoms with Gasteiger partial charge >= 0.3 is 0 Å². The Morgan fingerprint density at radius 1 is 1.36 bits per heavy atom. The highest BCUT2D eigenvalue weighted by molar-refractivity contribution is 5.76. The van der Waals surface area contributed by atoms with Crippen molar-refractivity contribution in [1.29, 1.82) is 0 Å². The summed E-state index contributed by atoms with van der Waals surface area (Å²) in [5, 5.41) is 5.84. The van der Waals surface area contributed by atoms with Crippen molar-refractivity contribution < 1.29 is 4.79 Å². The number of nitrogens with one attached hydrogen (secondary N) is 2. The predicted octanol–water partition coefficient (Wildman–Crippen LogP) is 0.509. The second kappa shape index (κ2) is 5.13. The summed E-state index contributed by atoms with van der Waals surface area (Å²) < 4.78 is 0. The summed E-state index contributed by atoms with van der Waals surface area (Å²) in [6, 6.07) is 0.699. The first kappa shape index (κ1) is 10.4. The normalized spacial score (nSPS) is 13.2. The summed E-state index contributed by atoms with van der Waals surface area (Å²) in [6.07, 6.45) is 0.550. The van der Waals surface area contributed by atoms with Crippen LogP contribution in [-0.2, 0) is 4.79 Å². The summed E-state index contributed by atoms with van der Waals surface area (Å²) in [6.45, 7) is 6.15. The van der Waals surface area contributed by atoms with Crippen LogP contribution in [0.2, 0.25) is 0 Å². The topological polar surface area (TPSA) is 41.1 Å². The molecule has 0 aliphatic rings. The molecule has 0 saturated heterocycles. The number of hydrogen-bond donors (Lipinski definition) is 2. The Balaban J connectivity index is 3.51. The molecule has 1 amide bonds. The van der Waals surface area contributed by atoms with Gasteiger partial charge in [0.1, 0.15) is 0 Å². The van der Waals surface area contributed by atoms with E-state index < -0.39 is 0 Å². The molecule has 2 N–H and O–H groups in total. The first-order valence-electron chi connectivity index (χ1n) is 4.03. The van der Waals surface area contributed by atoms with Gasteiger partial charge in [-0.2, -0.15) is 0 Å². The lowest BCUT2D eigenvalue weighted by Crippen LogP contribution is -2.36. The average Bonchev–Trinajstić information content (AvgIpc) is 1.85. The van der Waals surface area contributed by atoms with E-state index in [2.05, 4.69) is 24.5 Å². The Morgan fingerprint density at radius 2 is 1.91 bits per heavy atom. The van der Waals surface area contributed by atoms with Crippen LogP contribution in [0.25, 0.3) is 0 Å². The molecular formula is C8H18N2O. The Hall–Kier alpha value is -0.570. The van der Waals surface area contributed by atoms with Crippen molar-refractivity contribution in [3.05, 3.63) is 0 Å². The van der Waals surface area contributed by atoms with Gasteiger partial charge in [0.25, 0.3) is 0 Å². The molecule has 11 heavy (non-hydrogen) atoms. The van der Waals surface area contributed by atoms with Crippen LogP contribution < -0.4 is 10.6 Å². The van der Waals surface area contributed by atoms with Crippen LogP contribution in [0, 0.1) is 0 Å². The molecule has 0 spiro atoms. The molecule has 3 heteroatoms. The molecule has 0 aromatic heterocycles. The molecule has 0 bridgehead atoms. The van der Waals surface area contributed by atoms with Crippen molar-refractivity contribution in [3.8, 4) is 0 Å². The maximum absolute atomic E-state index is 10.9. The van der Waals surface area contributed by atoms with Crippen molar-refractivity contribution in [2.75, 3.05) is 7.05 Å². The molecule has 0 aliphatic carbocycles. The Labute approximate surface area is 68.6 Å². The second-order valence-corrected chi connectivity index (χ2v) is 3.10. The molecule has 0 fully saturated rings. The largest absolute Gasteiger partial charge is 0.359 e. The molecule has 3 nitrogen and oxygen atoms in total. The van der Waals surface area contributed by atoms with Crippen LogP contribution in [-0.4, -0.2) is 25.0 Å². The Kier molecular flexibility index (Phi) is 4.86. The fourth-order valence-electron chi connectivity index (χ4n) is 1.01. The van der Waals surface area contributed by atoms with Gasteiger partial charge in [0, 0.05) is 25.6 Å². The minimum Gasteiger partial charge on any atom is -0.359 e. The lowest BCUT2D eigenvalue weighted by atomic mass is 10.2. The van der Waals surface area contributed by atoms with Crippen LogP contribution in [0.4, 0.5) is 0 Å². The molecule has 0 aromatic rings. The lowest BCUT2D eigenvalue weighted by Gasteiger charge is -2.15. The Morgan fingerprint density at radius 3 is 2.27 bits per heavy atom. The highest BCUT2D eigenvalue weighted by Crippen LogP contribution is 1.91. The van der Waals surface area contributed by atoms with E-state index in [1.54, 1.807) is 7.05 Å². The molecule has 0 radical (unpaired) electrons. The van der Waals surface area contributed by atoms with Gasteiger partial charge in [-0.3, -0.25) is 4.79 Å². The van der Waals surface area contributed by atoms with E-state index in [-0.39, 0.29) is 11.9 Å². The van der Waals surface area contributed by atoms with Gasteiger partial charge in [-0.1, -0.05) is 13.8 Å². The third-order valence-electron chi connectivity index (χ3n) is 1.39. The van der Waals surface area contributed by atoms with Gasteiger partial charge in [0.2, 0.25) is 5.91 Å². The molecular weight excluding hydrogens is 140 g/mol. The maximum Gasteiger partial charge on any atom is 0.221 e. The number of amides is 1. The zero-order valence-electron chi connectivity index (χ0n) is 7.77. The molecule has 66 valence electrons. The lowest BCUT2D eigenvalue weighted by molar-refractivity contribution is -0.121. The smallest absolute Gasteiger partial charge is 0.221 e. The van der Waals surface area contributed by atoms with Gasteiger partial charge in [0.05, 0.1) is 0 Å². The second-order valence-electron chi connectivity index (χ2n) is 3.10. The number of rotatable bonds is 4.